The summed E-state index contributed by atoms with van der Waals surface area (Å²) < 4.78 is 11.3. The first-order chi connectivity index (χ1) is 16.4. The Labute approximate surface area is 200 Å². The van der Waals surface area contributed by atoms with Crippen molar-refractivity contribution in [2.75, 3.05) is 11.9 Å². The Bertz CT molecular complexity index is 1180. The number of rotatable bonds is 10. The molecule has 0 aliphatic heterocycles. The van der Waals surface area contributed by atoms with E-state index in [0.717, 1.165) is 23.2 Å². The Morgan fingerprint density at radius 1 is 0.941 bits per heavy atom. The number of carbonyl (C=O) groups is 1. The van der Waals surface area contributed by atoms with Gasteiger partial charge in [0.15, 0.2) is 0 Å². The predicted octanol–water partition coefficient (Wildman–Crippen LogP) is 6.32. The fourth-order valence-corrected chi connectivity index (χ4v) is 3.26. The van der Waals surface area contributed by atoms with E-state index in [0.29, 0.717) is 41.4 Å². The van der Waals surface area contributed by atoms with Crippen LogP contribution in [0.25, 0.3) is 0 Å². The van der Waals surface area contributed by atoms with Gasteiger partial charge in [-0.05, 0) is 92.9 Å². The number of anilines is 1. The molecular weight excluding hydrogens is 426 g/mol. The van der Waals surface area contributed by atoms with Crippen LogP contribution >= 0.6 is 0 Å². The number of nitrogens with one attached hydrogen (secondary N) is 3. The SMILES string of the molecule is C=CC(=N)CCCOc1ccc(C(=N)Oc2ccc(C(=O)Nc3ccc(C)cc3C)cc2)cc1. The third kappa shape index (κ3) is 6.90. The summed E-state index contributed by atoms with van der Waals surface area (Å²) in [6, 6.07) is 19.6. The van der Waals surface area contributed by atoms with Crippen molar-refractivity contribution in [3.63, 3.8) is 0 Å². The van der Waals surface area contributed by atoms with Crippen LogP contribution in [0.2, 0.25) is 0 Å². The van der Waals surface area contributed by atoms with Gasteiger partial charge in [0.1, 0.15) is 11.5 Å². The Balaban J connectivity index is 1.52. The standard InChI is InChI=1S/C28H29N3O3/c1-4-23(29)6-5-17-33-24-12-8-21(9-13-24)27(30)34-25-14-10-22(11-15-25)28(32)31-26-16-7-19(2)18-20(26)3/h4,7-16,18,29-30H,1,5-6,17H2,2-3H3,(H,31,32). The highest BCUT2D eigenvalue weighted by Gasteiger charge is 2.10. The van der Waals surface area contributed by atoms with Gasteiger partial charge in [-0.1, -0.05) is 24.3 Å². The van der Waals surface area contributed by atoms with Gasteiger partial charge in [-0.15, -0.1) is 0 Å². The van der Waals surface area contributed by atoms with Crippen molar-refractivity contribution in [2.45, 2.75) is 26.7 Å². The zero-order valence-corrected chi connectivity index (χ0v) is 19.5. The lowest BCUT2D eigenvalue weighted by Gasteiger charge is -2.11. The van der Waals surface area contributed by atoms with E-state index >= 15 is 0 Å². The fourth-order valence-electron chi connectivity index (χ4n) is 3.26. The van der Waals surface area contributed by atoms with Gasteiger partial charge >= 0.3 is 0 Å². The lowest BCUT2D eigenvalue weighted by molar-refractivity contribution is 0.102. The minimum Gasteiger partial charge on any atom is -0.494 e. The molecule has 0 bridgehead atoms. The van der Waals surface area contributed by atoms with Crippen LogP contribution in [0, 0.1) is 24.7 Å². The lowest BCUT2D eigenvalue weighted by atomic mass is 10.1. The Kier molecular flexibility index (Phi) is 8.35. The zero-order valence-electron chi connectivity index (χ0n) is 19.5. The highest BCUT2D eigenvalue weighted by Crippen LogP contribution is 2.20. The van der Waals surface area contributed by atoms with Gasteiger partial charge in [0, 0.05) is 22.5 Å². The molecule has 0 radical (unpaired) electrons. The first-order valence-electron chi connectivity index (χ1n) is 11.0. The lowest BCUT2D eigenvalue weighted by Crippen LogP contribution is -2.13. The van der Waals surface area contributed by atoms with Crippen LogP contribution in [0.1, 0.15) is 39.9 Å². The smallest absolute Gasteiger partial charge is 0.255 e. The summed E-state index contributed by atoms with van der Waals surface area (Å²) in [5.74, 6) is 0.961. The van der Waals surface area contributed by atoms with Gasteiger partial charge in [0.05, 0.1) is 6.61 Å². The van der Waals surface area contributed by atoms with Crippen LogP contribution in [0.4, 0.5) is 5.69 Å². The molecule has 6 heteroatoms. The molecule has 1 amide bonds. The second-order valence-electron chi connectivity index (χ2n) is 7.93. The number of allylic oxidation sites excluding steroid dienone is 1. The average molecular weight is 456 g/mol. The van der Waals surface area contributed by atoms with Gasteiger partial charge in [-0.25, -0.2) is 0 Å². The largest absolute Gasteiger partial charge is 0.494 e. The van der Waals surface area contributed by atoms with E-state index in [1.807, 2.05) is 32.0 Å². The van der Waals surface area contributed by atoms with Crippen molar-refractivity contribution in [3.8, 4) is 11.5 Å². The molecule has 3 rings (SSSR count). The van der Waals surface area contributed by atoms with E-state index in [4.69, 9.17) is 20.3 Å². The van der Waals surface area contributed by atoms with E-state index in [1.165, 1.54) is 6.08 Å². The van der Waals surface area contributed by atoms with Crippen LogP contribution in [-0.2, 0) is 0 Å². The molecule has 0 unspecified atom stereocenters. The summed E-state index contributed by atoms with van der Waals surface area (Å²) >= 11 is 0. The van der Waals surface area contributed by atoms with Crippen LogP contribution < -0.4 is 14.8 Å². The van der Waals surface area contributed by atoms with E-state index in [2.05, 4.69) is 11.9 Å². The molecule has 0 fully saturated rings. The molecule has 0 spiro atoms. The number of hydrogen-bond acceptors (Lipinski definition) is 5. The highest BCUT2D eigenvalue weighted by molar-refractivity contribution is 6.04. The summed E-state index contributed by atoms with van der Waals surface area (Å²) in [4.78, 5) is 12.6. The summed E-state index contributed by atoms with van der Waals surface area (Å²) in [5, 5.41) is 18.7. The van der Waals surface area contributed by atoms with E-state index in [9.17, 15) is 4.79 Å². The molecule has 0 aliphatic rings. The molecule has 0 heterocycles. The number of aryl methyl sites for hydroxylation is 2. The van der Waals surface area contributed by atoms with Crippen molar-refractivity contribution < 1.29 is 14.3 Å². The molecule has 6 nitrogen and oxygen atoms in total. The molecule has 174 valence electrons. The molecule has 3 aromatic carbocycles. The zero-order chi connectivity index (χ0) is 24.5. The van der Waals surface area contributed by atoms with Gasteiger partial charge in [0.25, 0.3) is 5.91 Å². The normalized spacial score (nSPS) is 10.3. The first-order valence-corrected chi connectivity index (χ1v) is 11.0. The molecule has 0 aromatic heterocycles. The van der Waals surface area contributed by atoms with Crippen molar-refractivity contribution in [1.29, 1.82) is 10.8 Å². The predicted molar refractivity (Wildman–Crippen MR) is 137 cm³/mol. The summed E-state index contributed by atoms with van der Waals surface area (Å²) in [5.41, 5.74) is 4.54. The van der Waals surface area contributed by atoms with E-state index < -0.39 is 0 Å². The Morgan fingerprint density at radius 2 is 1.59 bits per heavy atom. The number of ether oxygens (including phenoxy) is 2. The van der Waals surface area contributed by atoms with Gasteiger partial charge in [-0.2, -0.15) is 0 Å². The quantitative estimate of drug-likeness (QED) is 0.189. The van der Waals surface area contributed by atoms with Crippen LogP contribution in [0.5, 0.6) is 11.5 Å². The molecular formula is C28H29N3O3. The first kappa shape index (κ1) is 24.5. The minimum absolute atomic E-state index is 0.00142. The maximum absolute atomic E-state index is 12.6. The van der Waals surface area contributed by atoms with Crippen molar-refractivity contribution in [2.24, 2.45) is 0 Å². The Morgan fingerprint density at radius 3 is 2.24 bits per heavy atom. The molecule has 0 saturated carbocycles. The van der Waals surface area contributed by atoms with Gasteiger partial charge in [-0.3, -0.25) is 10.2 Å². The molecule has 0 aliphatic carbocycles. The van der Waals surface area contributed by atoms with E-state index in [1.54, 1.807) is 48.5 Å². The molecule has 3 N–H and O–H groups in total. The average Bonchev–Trinajstić information content (AvgIpc) is 2.84. The summed E-state index contributed by atoms with van der Waals surface area (Å²) in [6.45, 7) is 8.05. The van der Waals surface area contributed by atoms with Gasteiger partial charge in [0.2, 0.25) is 5.90 Å². The second kappa shape index (κ2) is 11.6. The molecule has 0 saturated heterocycles. The topological polar surface area (TPSA) is 95.3 Å². The second-order valence-corrected chi connectivity index (χ2v) is 7.93. The minimum atomic E-state index is -0.203. The number of amides is 1. The maximum Gasteiger partial charge on any atom is 0.255 e. The van der Waals surface area contributed by atoms with Crippen molar-refractivity contribution in [3.05, 3.63) is 102 Å². The van der Waals surface area contributed by atoms with E-state index in [-0.39, 0.29) is 11.8 Å². The van der Waals surface area contributed by atoms with Crippen molar-refractivity contribution >= 4 is 23.2 Å². The summed E-state index contributed by atoms with van der Waals surface area (Å²) in [7, 11) is 0. The molecule has 0 atom stereocenters. The Hall–Kier alpha value is -4.19. The summed E-state index contributed by atoms with van der Waals surface area (Å²) in [6.07, 6.45) is 2.91. The number of hydrogen-bond donors (Lipinski definition) is 3. The third-order valence-corrected chi connectivity index (χ3v) is 5.19. The van der Waals surface area contributed by atoms with Crippen LogP contribution in [0.15, 0.2) is 79.4 Å². The van der Waals surface area contributed by atoms with Crippen molar-refractivity contribution in [1.82, 2.24) is 0 Å². The fraction of sp³-hybridized carbons (Fsp3) is 0.179. The van der Waals surface area contributed by atoms with Crippen LogP contribution in [-0.4, -0.2) is 24.1 Å². The monoisotopic (exact) mass is 455 g/mol. The van der Waals surface area contributed by atoms with Crippen LogP contribution in [0.3, 0.4) is 0 Å². The number of carbonyl (C=O) groups excluding carboxylic acids is 1. The van der Waals surface area contributed by atoms with Gasteiger partial charge < -0.3 is 20.2 Å². The molecule has 34 heavy (non-hydrogen) atoms. The third-order valence-electron chi connectivity index (χ3n) is 5.19. The highest BCUT2D eigenvalue weighted by atomic mass is 16.5. The maximum atomic E-state index is 12.6. The molecule has 3 aromatic rings. The number of benzene rings is 3.